The number of carbonyl (C=O) groups excluding carboxylic acids is 1. The minimum Gasteiger partial charge on any atom is -0.372 e. The van der Waals surface area contributed by atoms with Crippen LogP contribution < -0.4 is 10.0 Å². The number of benzene rings is 1. The van der Waals surface area contributed by atoms with Crippen LogP contribution >= 0.6 is 0 Å². The van der Waals surface area contributed by atoms with E-state index in [1.165, 1.54) is 19.2 Å². The van der Waals surface area contributed by atoms with Crippen molar-refractivity contribution in [1.29, 1.82) is 0 Å². The van der Waals surface area contributed by atoms with Crippen LogP contribution in [0.3, 0.4) is 0 Å². The van der Waals surface area contributed by atoms with E-state index in [9.17, 15) is 13.2 Å². The highest BCUT2D eigenvalue weighted by molar-refractivity contribution is 7.89. The van der Waals surface area contributed by atoms with E-state index < -0.39 is 16.1 Å². The van der Waals surface area contributed by atoms with Crippen molar-refractivity contribution in [1.82, 2.24) is 4.72 Å². The summed E-state index contributed by atoms with van der Waals surface area (Å²) in [6, 6.07) is 6.16. The van der Waals surface area contributed by atoms with E-state index in [1.54, 1.807) is 19.1 Å². The van der Waals surface area contributed by atoms with Crippen molar-refractivity contribution in [3.05, 3.63) is 24.3 Å². The molecule has 1 saturated carbocycles. The second-order valence-corrected chi connectivity index (χ2v) is 7.21. The highest BCUT2D eigenvalue weighted by Gasteiger charge is 2.22. The predicted octanol–water partition coefficient (Wildman–Crippen LogP) is 1.88. The van der Waals surface area contributed by atoms with Crippen LogP contribution in [0.2, 0.25) is 0 Å². The van der Waals surface area contributed by atoms with Crippen molar-refractivity contribution in [3.8, 4) is 0 Å². The van der Waals surface area contributed by atoms with Crippen LogP contribution in [0.4, 0.5) is 5.69 Å². The average molecular weight is 326 g/mol. The Hall–Kier alpha value is -1.44. The largest absolute Gasteiger partial charge is 0.372 e. The Morgan fingerprint density at radius 2 is 1.82 bits per heavy atom. The van der Waals surface area contributed by atoms with Gasteiger partial charge in [0.1, 0.15) is 6.10 Å². The molecule has 2 N–H and O–H groups in total. The summed E-state index contributed by atoms with van der Waals surface area (Å²) in [5, 5.41) is 2.67. The summed E-state index contributed by atoms with van der Waals surface area (Å²) < 4.78 is 32.2. The van der Waals surface area contributed by atoms with Crippen LogP contribution in [0, 0.1) is 0 Å². The Morgan fingerprint density at radius 3 is 2.36 bits per heavy atom. The number of ether oxygens (including phenoxy) is 1. The fourth-order valence-corrected chi connectivity index (χ4v) is 3.70. The average Bonchev–Trinajstić information content (AvgIpc) is 2.99. The zero-order chi connectivity index (χ0) is 16.2. The fourth-order valence-electron chi connectivity index (χ4n) is 2.40. The lowest BCUT2D eigenvalue weighted by Crippen LogP contribution is -2.32. The molecule has 2 rings (SSSR count). The molecule has 6 nitrogen and oxygen atoms in total. The van der Waals surface area contributed by atoms with Gasteiger partial charge in [0.2, 0.25) is 10.0 Å². The third kappa shape index (κ3) is 4.28. The Bertz CT molecular complexity index is 607. The molecule has 0 bridgehead atoms. The van der Waals surface area contributed by atoms with Crippen molar-refractivity contribution < 1.29 is 17.9 Å². The molecular formula is C15H22N2O4S. The van der Waals surface area contributed by atoms with Gasteiger partial charge in [-0.05, 0) is 44.0 Å². The van der Waals surface area contributed by atoms with Gasteiger partial charge in [-0.1, -0.05) is 12.8 Å². The van der Waals surface area contributed by atoms with Gasteiger partial charge in [-0.3, -0.25) is 4.79 Å². The zero-order valence-electron chi connectivity index (χ0n) is 12.8. The molecule has 1 aliphatic rings. The smallest absolute Gasteiger partial charge is 0.253 e. The van der Waals surface area contributed by atoms with Gasteiger partial charge < -0.3 is 10.1 Å². The lowest BCUT2D eigenvalue weighted by Gasteiger charge is -2.13. The van der Waals surface area contributed by atoms with Crippen molar-refractivity contribution >= 4 is 21.6 Å². The zero-order valence-corrected chi connectivity index (χ0v) is 13.7. The first-order chi connectivity index (χ1) is 10.4. The summed E-state index contributed by atoms with van der Waals surface area (Å²) in [6.45, 7) is 1.64. The fraction of sp³-hybridized carbons (Fsp3) is 0.533. The molecular weight excluding hydrogens is 304 g/mol. The predicted molar refractivity (Wildman–Crippen MR) is 84.1 cm³/mol. The van der Waals surface area contributed by atoms with E-state index in [0.29, 0.717) is 5.69 Å². The first-order valence-electron chi connectivity index (χ1n) is 7.38. The van der Waals surface area contributed by atoms with E-state index in [1.807, 2.05) is 0 Å². The maximum absolute atomic E-state index is 12.3. The Balaban J connectivity index is 2.03. The first kappa shape index (κ1) is 16.9. The Morgan fingerprint density at radius 1 is 1.23 bits per heavy atom. The van der Waals surface area contributed by atoms with Crippen molar-refractivity contribution in [2.45, 2.75) is 49.6 Å². The number of nitrogens with one attached hydrogen (secondary N) is 2. The highest BCUT2D eigenvalue weighted by Crippen LogP contribution is 2.21. The van der Waals surface area contributed by atoms with Crippen LogP contribution in [0.25, 0.3) is 0 Å². The molecule has 7 heteroatoms. The summed E-state index contributed by atoms with van der Waals surface area (Å²) in [4.78, 5) is 11.9. The third-order valence-electron chi connectivity index (χ3n) is 3.83. The lowest BCUT2D eigenvalue weighted by atomic mass is 10.3. The second kappa shape index (κ2) is 7.21. The molecule has 0 heterocycles. The summed E-state index contributed by atoms with van der Waals surface area (Å²) in [5.41, 5.74) is 0.536. The molecule has 1 aromatic carbocycles. The number of amides is 1. The van der Waals surface area contributed by atoms with Gasteiger partial charge >= 0.3 is 0 Å². The first-order valence-corrected chi connectivity index (χ1v) is 8.87. The normalized spacial score (nSPS) is 17.4. The molecule has 1 atom stereocenters. The number of hydrogen-bond donors (Lipinski definition) is 2. The van der Waals surface area contributed by atoms with Gasteiger partial charge in [0.25, 0.3) is 5.91 Å². The number of sulfonamides is 1. The molecule has 122 valence electrons. The SMILES string of the molecule is CO[C@@H](C)C(=O)Nc1ccc(S(=O)(=O)NC2CCCC2)cc1. The lowest BCUT2D eigenvalue weighted by molar-refractivity contribution is -0.124. The van der Waals surface area contributed by atoms with E-state index in [2.05, 4.69) is 10.0 Å². The monoisotopic (exact) mass is 326 g/mol. The third-order valence-corrected chi connectivity index (χ3v) is 5.37. The molecule has 22 heavy (non-hydrogen) atoms. The van der Waals surface area contributed by atoms with Gasteiger partial charge in [-0.2, -0.15) is 0 Å². The van der Waals surface area contributed by atoms with Crippen molar-refractivity contribution in [2.75, 3.05) is 12.4 Å². The number of hydrogen-bond acceptors (Lipinski definition) is 4. The molecule has 0 spiro atoms. The molecule has 0 radical (unpaired) electrons. The van der Waals surface area contributed by atoms with E-state index in [-0.39, 0.29) is 16.8 Å². The van der Waals surface area contributed by atoms with Gasteiger partial charge in [0.05, 0.1) is 4.90 Å². The van der Waals surface area contributed by atoms with Gasteiger partial charge in [0, 0.05) is 18.8 Å². The highest BCUT2D eigenvalue weighted by atomic mass is 32.2. The molecule has 0 unspecified atom stereocenters. The Kier molecular flexibility index (Phi) is 5.55. The van der Waals surface area contributed by atoms with Crippen LogP contribution in [-0.2, 0) is 19.6 Å². The van der Waals surface area contributed by atoms with Gasteiger partial charge in [0.15, 0.2) is 0 Å². The standard InChI is InChI=1S/C15H22N2O4S/c1-11(21-2)15(18)16-12-7-9-14(10-8-12)22(19,20)17-13-5-3-4-6-13/h7-11,13,17H,3-6H2,1-2H3,(H,16,18)/t11-/m0/s1. The molecule has 0 saturated heterocycles. The molecule has 0 aliphatic heterocycles. The minimum atomic E-state index is -3.50. The number of anilines is 1. The van der Waals surface area contributed by atoms with Crippen molar-refractivity contribution in [3.63, 3.8) is 0 Å². The van der Waals surface area contributed by atoms with Gasteiger partial charge in [-0.25, -0.2) is 13.1 Å². The molecule has 0 aromatic heterocycles. The summed E-state index contributed by atoms with van der Waals surface area (Å²) in [6.07, 6.45) is 3.35. The van der Waals surface area contributed by atoms with E-state index in [4.69, 9.17) is 4.74 Å². The quantitative estimate of drug-likeness (QED) is 0.836. The van der Waals surface area contributed by atoms with Crippen molar-refractivity contribution in [2.24, 2.45) is 0 Å². The molecule has 1 amide bonds. The maximum Gasteiger partial charge on any atom is 0.253 e. The summed E-state index contributed by atoms with van der Waals surface area (Å²) in [5.74, 6) is -0.276. The molecule has 1 aliphatic carbocycles. The maximum atomic E-state index is 12.3. The van der Waals surface area contributed by atoms with Gasteiger partial charge in [-0.15, -0.1) is 0 Å². The minimum absolute atomic E-state index is 0.0342. The van der Waals surface area contributed by atoms with Crippen LogP contribution in [0.5, 0.6) is 0 Å². The summed E-state index contributed by atoms with van der Waals surface area (Å²) in [7, 11) is -2.04. The van der Waals surface area contributed by atoms with E-state index in [0.717, 1.165) is 25.7 Å². The second-order valence-electron chi connectivity index (χ2n) is 5.49. The number of methoxy groups -OCH3 is 1. The summed E-state index contributed by atoms with van der Waals surface area (Å²) >= 11 is 0. The van der Waals surface area contributed by atoms with Crippen LogP contribution in [0.15, 0.2) is 29.2 Å². The van der Waals surface area contributed by atoms with Crippen LogP contribution in [-0.4, -0.2) is 33.6 Å². The number of carbonyl (C=O) groups is 1. The Labute approximate surface area is 131 Å². The van der Waals surface area contributed by atoms with Crippen LogP contribution in [0.1, 0.15) is 32.6 Å². The van der Waals surface area contributed by atoms with E-state index >= 15 is 0 Å². The molecule has 1 aromatic rings. The molecule has 1 fully saturated rings. The topological polar surface area (TPSA) is 84.5 Å². The number of rotatable bonds is 6.